The number of carbonyl (C=O) groups is 2. The second kappa shape index (κ2) is 14.1. The van der Waals surface area contributed by atoms with Crippen LogP contribution < -0.4 is 5.32 Å². The number of rotatable bonds is 13. The van der Waals surface area contributed by atoms with E-state index in [9.17, 15) is 9.59 Å². The van der Waals surface area contributed by atoms with Gasteiger partial charge in [-0.15, -0.1) is 0 Å². The van der Waals surface area contributed by atoms with Crippen LogP contribution in [0, 0.1) is 0 Å². The summed E-state index contributed by atoms with van der Waals surface area (Å²) in [6.45, 7) is 5.61. The molecule has 0 radical (unpaired) electrons. The molecule has 1 heterocycles. The zero-order valence-electron chi connectivity index (χ0n) is 22.9. The third kappa shape index (κ3) is 8.14. The van der Waals surface area contributed by atoms with Crippen LogP contribution >= 0.6 is 0 Å². The minimum absolute atomic E-state index is 0.0793. The van der Waals surface area contributed by atoms with Crippen molar-refractivity contribution in [2.75, 3.05) is 6.54 Å². The minimum Gasteiger partial charge on any atom is -0.353 e. The summed E-state index contributed by atoms with van der Waals surface area (Å²) in [5.41, 5.74) is 4.03. The lowest BCUT2D eigenvalue weighted by Crippen LogP contribution is -2.38. The highest BCUT2D eigenvalue weighted by molar-refractivity contribution is 5.91. The summed E-state index contributed by atoms with van der Waals surface area (Å²) < 4.78 is 2.08. The molecule has 1 aromatic heterocycles. The number of carbonyl (C=O) groups excluding carboxylic acids is 2. The van der Waals surface area contributed by atoms with Crippen molar-refractivity contribution >= 4 is 28.9 Å². The molecule has 6 heteroatoms. The molecule has 0 atom stereocenters. The van der Waals surface area contributed by atoms with Gasteiger partial charge in [0.2, 0.25) is 11.8 Å². The van der Waals surface area contributed by atoms with Gasteiger partial charge in [-0.2, -0.15) is 0 Å². The Labute approximate surface area is 231 Å². The summed E-state index contributed by atoms with van der Waals surface area (Å²) in [5, 5.41) is 2.96. The number of aryl methyl sites for hydroxylation is 1. The molecule has 0 spiro atoms. The van der Waals surface area contributed by atoms with Crippen LogP contribution in [0.1, 0.15) is 50.1 Å². The number of imidazole rings is 1. The van der Waals surface area contributed by atoms with E-state index < -0.39 is 0 Å². The minimum atomic E-state index is -0.0793. The highest BCUT2D eigenvalue weighted by atomic mass is 16.2. The first-order chi connectivity index (χ1) is 19.0. The number of amides is 2. The Kier molecular flexibility index (Phi) is 10.1. The van der Waals surface area contributed by atoms with Gasteiger partial charge in [0.15, 0.2) is 0 Å². The van der Waals surface area contributed by atoms with Crippen molar-refractivity contribution in [3.8, 4) is 0 Å². The van der Waals surface area contributed by atoms with Crippen LogP contribution in [-0.4, -0.2) is 38.9 Å². The van der Waals surface area contributed by atoms with Gasteiger partial charge in [0.25, 0.3) is 0 Å². The smallest absolute Gasteiger partial charge is 0.243 e. The molecule has 0 fully saturated rings. The van der Waals surface area contributed by atoms with Crippen LogP contribution in [0.2, 0.25) is 0 Å². The predicted octanol–water partition coefficient (Wildman–Crippen LogP) is 6.02. The molecule has 3 aromatic carbocycles. The lowest BCUT2D eigenvalue weighted by molar-refractivity contribution is -0.134. The Balaban J connectivity index is 1.32. The molecule has 0 aliphatic heterocycles. The van der Waals surface area contributed by atoms with Gasteiger partial charge in [-0.3, -0.25) is 9.59 Å². The molecule has 0 saturated heterocycles. The maximum absolute atomic E-state index is 13.5. The number of benzene rings is 3. The average molecular weight is 523 g/mol. The van der Waals surface area contributed by atoms with E-state index in [1.807, 2.05) is 83.8 Å². The molecule has 2 amide bonds. The summed E-state index contributed by atoms with van der Waals surface area (Å²) in [7, 11) is 0. The molecular weight excluding hydrogens is 484 g/mol. The van der Waals surface area contributed by atoms with E-state index in [0.29, 0.717) is 13.1 Å². The zero-order chi connectivity index (χ0) is 27.5. The van der Waals surface area contributed by atoms with Crippen molar-refractivity contribution in [2.24, 2.45) is 0 Å². The van der Waals surface area contributed by atoms with Crippen LogP contribution in [0.25, 0.3) is 17.1 Å². The molecule has 6 nitrogen and oxygen atoms in total. The number of para-hydroxylation sites is 2. The van der Waals surface area contributed by atoms with Crippen LogP contribution in [-0.2, 0) is 29.1 Å². The average Bonchev–Trinajstić information content (AvgIpc) is 3.30. The van der Waals surface area contributed by atoms with Gasteiger partial charge in [-0.1, -0.05) is 79.2 Å². The largest absolute Gasteiger partial charge is 0.353 e. The zero-order valence-corrected chi connectivity index (χ0v) is 22.9. The van der Waals surface area contributed by atoms with Crippen molar-refractivity contribution in [3.05, 3.63) is 108 Å². The normalized spacial score (nSPS) is 11.4. The first-order valence-corrected chi connectivity index (χ1v) is 13.8. The lowest BCUT2D eigenvalue weighted by atomic mass is 10.1. The number of unbranched alkanes of at least 4 members (excludes halogenated alkanes) is 2. The summed E-state index contributed by atoms with van der Waals surface area (Å²) in [6.07, 6.45) is 6.97. The first-order valence-electron chi connectivity index (χ1n) is 13.8. The van der Waals surface area contributed by atoms with Gasteiger partial charge in [0.1, 0.15) is 12.4 Å². The maximum Gasteiger partial charge on any atom is 0.243 e. The van der Waals surface area contributed by atoms with Crippen LogP contribution in [0.5, 0.6) is 0 Å². The molecule has 0 unspecified atom stereocenters. The third-order valence-electron chi connectivity index (χ3n) is 6.77. The fourth-order valence-corrected chi connectivity index (χ4v) is 4.65. The van der Waals surface area contributed by atoms with Crippen LogP contribution in [0.4, 0.5) is 0 Å². The van der Waals surface area contributed by atoms with Gasteiger partial charge in [0, 0.05) is 31.6 Å². The Bertz CT molecular complexity index is 1380. The molecule has 4 aromatic rings. The molecule has 0 aliphatic rings. The Morgan fingerprint density at radius 1 is 0.897 bits per heavy atom. The molecule has 0 aliphatic carbocycles. The summed E-state index contributed by atoms with van der Waals surface area (Å²) in [6, 6.07) is 28.0. The Morgan fingerprint density at radius 3 is 2.33 bits per heavy atom. The molecule has 4 rings (SSSR count). The lowest BCUT2D eigenvalue weighted by Gasteiger charge is -2.27. The van der Waals surface area contributed by atoms with Gasteiger partial charge in [0.05, 0.1) is 11.0 Å². The highest BCUT2D eigenvalue weighted by Gasteiger charge is 2.20. The van der Waals surface area contributed by atoms with Crippen molar-refractivity contribution in [2.45, 2.75) is 58.7 Å². The Morgan fingerprint density at radius 2 is 1.59 bits per heavy atom. The van der Waals surface area contributed by atoms with Gasteiger partial charge < -0.3 is 14.8 Å². The van der Waals surface area contributed by atoms with Gasteiger partial charge in [-0.25, -0.2) is 4.98 Å². The number of nitrogens with zero attached hydrogens (tertiary/aromatic N) is 3. The highest BCUT2D eigenvalue weighted by Crippen LogP contribution is 2.19. The van der Waals surface area contributed by atoms with Crippen molar-refractivity contribution in [3.63, 3.8) is 0 Å². The summed E-state index contributed by atoms with van der Waals surface area (Å²) in [5.74, 6) is 0.941. The number of fused-ring (bicyclic) bond motifs is 1. The van der Waals surface area contributed by atoms with E-state index in [-0.39, 0.29) is 24.4 Å². The van der Waals surface area contributed by atoms with Crippen molar-refractivity contribution < 1.29 is 9.59 Å². The van der Waals surface area contributed by atoms with Crippen LogP contribution in [0.15, 0.2) is 91.0 Å². The fraction of sp³-hybridized carbons (Fsp3) is 0.303. The van der Waals surface area contributed by atoms with E-state index >= 15 is 0 Å². The first kappa shape index (κ1) is 27.8. The molecule has 39 heavy (non-hydrogen) atoms. The van der Waals surface area contributed by atoms with Crippen molar-refractivity contribution in [1.82, 2.24) is 19.8 Å². The number of hydrogen-bond acceptors (Lipinski definition) is 3. The SMILES string of the molecule is CC(C)N(Cc1ccccc1)C(=O)Cn1c(CCCCCNC(=O)/C=C/c2ccccc2)nc2ccccc21. The standard InChI is InChI=1S/C33H38N4O2/c1-26(2)36(24-28-16-8-4-9-17-28)33(39)25-37-30-19-12-11-18-29(30)35-31(37)20-10-5-13-23-34-32(38)22-21-27-14-6-3-7-15-27/h3-4,6-9,11-12,14-19,21-22,26H,5,10,13,20,23-25H2,1-2H3,(H,34,38)/b22-21+. The topological polar surface area (TPSA) is 67.2 Å². The molecule has 0 saturated carbocycles. The van der Waals surface area contributed by atoms with E-state index in [0.717, 1.165) is 53.7 Å². The maximum atomic E-state index is 13.5. The van der Waals surface area contributed by atoms with E-state index in [4.69, 9.17) is 4.98 Å². The van der Waals surface area contributed by atoms with Crippen LogP contribution in [0.3, 0.4) is 0 Å². The second-order valence-corrected chi connectivity index (χ2v) is 10.0. The summed E-state index contributed by atoms with van der Waals surface area (Å²) >= 11 is 0. The third-order valence-corrected chi connectivity index (χ3v) is 6.77. The monoisotopic (exact) mass is 522 g/mol. The molecule has 0 bridgehead atoms. The number of aromatic nitrogens is 2. The van der Waals surface area contributed by atoms with Gasteiger partial charge >= 0.3 is 0 Å². The van der Waals surface area contributed by atoms with E-state index in [1.165, 1.54) is 0 Å². The van der Waals surface area contributed by atoms with E-state index in [1.54, 1.807) is 6.08 Å². The molecule has 202 valence electrons. The summed E-state index contributed by atoms with van der Waals surface area (Å²) in [4.78, 5) is 32.4. The number of nitrogens with one attached hydrogen (secondary N) is 1. The van der Waals surface area contributed by atoms with E-state index in [2.05, 4.69) is 35.9 Å². The molecule has 1 N–H and O–H groups in total. The van der Waals surface area contributed by atoms with Gasteiger partial charge in [-0.05, 0) is 56.0 Å². The Hall–Kier alpha value is -4.19. The molecular formula is C33H38N4O2. The fourth-order valence-electron chi connectivity index (χ4n) is 4.65. The number of hydrogen-bond donors (Lipinski definition) is 1. The van der Waals surface area contributed by atoms with Crippen molar-refractivity contribution in [1.29, 1.82) is 0 Å². The quantitative estimate of drug-likeness (QED) is 0.173. The predicted molar refractivity (Wildman–Crippen MR) is 158 cm³/mol. The second-order valence-electron chi connectivity index (χ2n) is 10.0.